The van der Waals surface area contributed by atoms with Crippen LogP contribution in [-0.2, 0) is 6.42 Å². The molecule has 3 aromatic rings. The highest BCUT2D eigenvalue weighted by Gasteiger charge is 2.29. The highest BCUT2D eigenvalue weighted by molar-refractivity contribution is 5.91. The number of hydrogen-bond acceptors (Lipinski definition) is 7. The molecule has 27 heavy (non-hydrogen) atoms. The van der Waals surface area contributed by atoms with E-state index >= 15 is 0 Å². The lowest BCUT2D eigenvalue weighted by molar-refractivity contribution is 0.0745. The zero-order chi connectivity index (χ0) is 19.0. The van der Waals surface area contributed by atoms with Crippen molar-refractivity contribution in [2.75, 3.05) is 13.1 Å². The van der Waals surface area contributed by atoms with Gasteiger partial charge in [-0.3, -0.25) is 9.78 Å². The molecular weight excluding hydrogens is 346 g/mol. The van der Waals surface area contributed by atoms with Crippen molar-refractivity contribution < 1.29 is 13.8 Å². The lowest BCUT2D eigenvalue weighted by Crippen LogP contribution is -2.28. The molecule has 1 saturated heterocycles. The maximum absolute atomic E-state index is 12.5. The van der Waals surface area contributed by atoms with Crippen LogP contribution in [0.3, 0.4) is 0 Å². The van der Waals surface area contributed by atoms with Gasteiger partial charge in [-0.15, -0.1) is 0 Å². The average Bonchev–Trinajstić information content (AvgIpc) is 3.36. The van der Waals surface area contributed by atoms with E-state index in [1.807, 2.05) is 18.7 Å². The van der Waals surface area contributed by atoms with Gasteiger partial charge in [0.15, 0.2) is 0 Å². The Kier molecular flexibility index (Phi) is 4.47. The molecule has 1 aliphatic rings. The Hall–Kier alpha value is -3.03. The van der Waals surface area contributed by atoms with Gasteiger partial charge < -0.3 is 13.9 Å². The minimum Gasteiger partial charge on any atom is -0.361 e. The second kappa shape index (κ2) is 6.94. The van der Waals surface area contributed by atoms with Crippen molar-refractivity contribution in [3.05, 3.63) is 47.1 Å². The molecule has 3 aromatic heterocycles. The van der Waals surface area contributed by atoms with Crippen molar-refractivity contribution in [2.45, 2.75) is 33.6 Å². The van der Waals surface area contributed by atoms with Crippen molar-refractivity contribution in [3.8, 4) is 11.3 Å². The summed E-state index contributed by atoms with van der Waals surface area (Å²) in [4.78, 5) is 23.4. The van der Waals surface area contributed by atoms with E-state index in [1.165, 1.54) is 0 Å². The quantitative estimate of drug-likeness (QED) is 0.699. The fourth-order valence-electron chi connectivity index (χ4n) is 3.57. The van der Waals surface area contributed by atoms with Crippen LogP contribution in [0.2, 0.25) is 0 Å². The van der Waals surface area contributed by atoms with Gasteiger partial charge in [0.2, 0.25) is 5.76 Å². The standard InChI is InChI=1S/C19H21N5O3/c1-11-6-17(27-22-11)19(25)24-5-4-14(10-24)7-15-8-20-9-16(21-15)18-12(2)23-26-13(18)3/h6,8-9,14H,4-5,7,10H2,1-3H3. The van der Waals surface area contributed by atoms with Crippen LogP contribution < -0.4 is 0 Å². The molecule has 8 heteroatoms. The summed E-state index contributed by atoms with van der Waals surface area (Å²) in [6, 6.07) is 1.67. The predicted molar refractivity (Wildman–Crippen MR) is 96.0 cm³/mol. The Bertz CT molecular complexity index is 958. The monoisotopic (exact) mass is 367 g/mol. The number of amides is 1. The molecule has 0 saturated carbocycles. The first kappa shape index (κ1) is 17.4. The minimum atomic E-state index is -0.103. The van der Waals surface area contributed by atoms with Crippen LogP contribution >= 0.6 is 0 Å². The summed E-state index contributed by atoms with van der Waals surface area (Å²) in [5, 5.41) is 7.77. The number of carbonyl (C=O) groups is 1. The highest BCUT2D eigenvalue weighted by Crippen LogP contribution is 2.26. The van der Waals surface area contributed by atoms with Gasteiger partial charge in [0, 0.05) is 25.4 Å². The fourth-order valence-corrected chi connectivity index (χ4v) is 3.57. The lowest BCUT2D eigenvalue weighted by atomic mass is 10.0. The number of aryl methyl sites for hydroxylation is 3. The molecule has 140 valence electrons. The predicted octanol–water partition coefficient (Wildman–Crippen LogP) is 2.75. The molecule has 1 unspecified atom stereocenters. The maximum atomic E-state index is 12.5. The molecule has 0 radical (unpaired) electrons. The van der Waals surface area contributed by atoms with E-state index in [9.17, 15) is 4.79 Å². The van der Waals surface area contributed by atoms with Crippen LogP contribution in [0.5, 0.6) is 0 Å². The summed E-state index contributed by atoms with van der Waals surface area (Å²) in [5.74, 6) is 1.27. The Balaban J connectivity index is 1.45. The largest absolute Gasteiger partial charge is 0.361 e. The zero-order valence-corrected chi connectivity index (χ0v) is 15.6. The van der Waals surface area contributed by atoms with E-state index in [0.29, 0.717) is 30.5 Å². The van der Waals surface area contributed by atoms with Crippen molar-refractivity contribution in [1.82, 2.24) is 25.2 Å². The maximum Gasteiger partial charge on any atom is 0.292 e. The van der Waals surface area contributed by atoms with Gasteiger partial charge in [-0.1, -0.05) is 10.3 Å². The van der Waals surface area contributed by atoms with Gasteiger partial charge in [0.25, 0.3) is 5.91 Å². The Labute approximate surface area is 156 Å². The Morgan fingerprint density at radius 1 is 1.22 bits per heavy atom. The van der Waals surface area contributed by atoms with Gasteiger partial charge in [0.05, 0.1) is 34.5 Å². The zero-order valence-electron chi connectivity index (χ0n) is 15.6. The molecule has 0 spiro atoms. The van der Waals surface area contributed by atoms with E-state index in [4.69, 9.17) is 14.0 Å². The normalized spacial score (nSPS) is 16.9. The molecule has 0 bridgehead atoms. The van der Waals surface area contributed by atoms with Crippen molar-refractivity contribution >= 4 is 5.91 Å². The van der Waals surface area contributed by atoms with Crippen molar-refractivity contribution in [3.63, 3.8) is 0 Å². The molecule has 1 amide bonds. The third-order valence-electron chi connectivity index (χ3n) is 4.88. The Morgan fingerprint density at radius 2 is 2.07 bits per heavy atom. The van der Waals surface area contributed by atoms with Crippen LogP contribution in [0.25, 0.3) is 11.3 Å². The number of nitrogens with zero attached hydrogens (tertiary/aromatic N) is 5. The van der Waals surface area contributed by atoms with Crippen molar-refractivity contribution in [1.29, 1.82) is 0 Å². The molecule has 1 atom stereocenters. The van der Waals surface area contributed by atoms with Gasteiger partial charge in [-0.2, -0.15) is 0 Å². The van der Waals surface area contributed by atoms with Crippen LogP contribution in [0, 0.1) is 26.7 Å². The van der Waals surface area contributed by atoms with Gasteiger partial charge in [-0.25, -0.2) is 4.98 Å². The summed E-state index contributed by atoms with van der Waals surface area (Å²) in [5.41, 5.74) is 4.09. The molecule has 0 N–H and O–H groups in total. The minimum absolute atomic E-state index is 0.103. The fraction of sp³-hybridized carbons (Fsp3) is 0.421. The van der Waals surface area contributed by atoms with Gasteiger partial charge in [0.1, 0.15) is 5.76 Å². The second-order valence-corrected chi connectivity index (χ2v) is 7.04. The van der Waals surface area contributed by atoms with E-state index < -0.39 is 0 Å². The summed E-state index contributed by atoms with van der Waals surface area (Å²) in [7, 11) is 0. The molecule has 4 rings (SSSR count). The molecule has 1 fully saturated rings. The van der Waals surface area contributed by atoms with Crippen LogP contribution in [0.1, 0.15) is 39.8 Å². The first-order chi connectivity index (χ1) is 13.0. The summed E-state index contributed by atoms with van der Waals surface area (Å²) < 4.78 is 10.3. The number of aromatic nitrogens is 4. The molecule has 4 heterocycles. The number of hydrogen-bond donors (Lipinski definition) is 0. The molecule has 8 nitrogen and oxygen atoms in total. The summed E-state index contributed by atoms with van der Waals surface area (Å²) in [6.45, 7) is 6.95. The highest BCUT2D eigenvalue weighted by atomic mass is 16.5. The number of rotatable bonds is 4. The van der Waals surface area contributed by atoms with Crippen LogP contribution in [0.15, 0.2) is 27.5 Å². The third kappa shape index (κ3) is 3.47. The summed E-state index contributed by atoms with van der Waals surface area (Å²) in [6.07, 6.45) is 5.21. The lowest BCUT2D eigenvalue weighted by Gasteiger charge is -2.14. The molecule has 1 aliphatic heterocycles. The first-order valence-electron chi connectivity index (χ1n) is 8.98. The van der Waals surface area contributed by atoms with E-state index in [2.05, 4.69) is 15.3 Å². The molecule has 0 aliphatic carbocycles. The van der Waals surface area contributed by atoms with Gasteiger partial charge in [-0.05, 0) is 39.5 Å². The average molecular weight is 367 g/mol. The first-order valence-corrected chi connectivity index (χ1v) is 8.98. The third-order valence-corrected chi connectivity index (χ3v) is 4.88. The SMILES string of the molecule is Cc1cc(C(=O)N2CCC(Cc3cncc(-c4c(C)noc4C)n3)C2)on1. The van der Waals surface area contributed by atoms with Crippen LogP contribution in [-0.4, -0.2) is 44.2 Å². The summed E-state index contributed by atoms with van der Waals surface area (Å²) >= 11 is 0. The van der Waals surface area contributed by atoms with E-state index in [1.54, 1.807) is 25.4 Å². The van der Waals surface area contributed by atoms with Gasteiger partial charge >= 0.3 is 0 Å². The smallest absolute Gasteiger partial charge is 0.292 e. The Morgan fingerprint density at radius 3 is 2.78 bits per heavy atom. The van der Waals surface area contributed by atoms with E-state index in [0.717, 1.165) is 41.2 Å². The molecular formula is C19H21N5O3. The van der Waals surface area contributed by atoms with Crippen LogP contribution in [0.4, 0.5) is 0 Å². The second-order valence-electron chi connectivity index (χ2n) is 7.04. The topological polar surface area (TPSA) is 98.2 Å². The molecule has 0 aromatic carbocycles. The number of carbonyl (C=O) groups excluding carboxylic acids is 1. The van der Waals surface area contributed by atoms with Crippen molar-refractivity contribution in [2.24, 2.45) is 5.92 Å². The van der Waals surface area contributed by atoms with E-state index in [-0.39, 0.29) is 5.91 Å². The number of likely N-dealkylation sites (tertiary alicyclic amines) is 1.